The van der Waals surface area contributed by atoms with Crippen molar-refractivity contribution in [1.82, 2.24) is 26.2 Å². The number of carbonyl (C=O) groups excluding carboxylic acids is 6. The van der Waals surface area contributed by atoms with Crippen molar-refractivity contribution in [3.63, 3.8) is 0 Å². The first-order valence-corrected chi connectivity index (χ1v) is 15.4. The Bertz CT molecular complexity index is 1320. The molecule has 2 aromatic carbocycles. The number of benzene rings is 2. The van der Waals surface area contributed by atoms with Crippen molar-refractivity contribution in [3.05, 3.63) is 59.7 Å². The van der Waals surface area contributed by atoms with Crippen LogP contribution in [-0.2, 0) is 19.1 Å². The summed E-state index contributed by atoms with van der Waals surface area (Å²) in [5, 5.41) is 15.9. The Balaban J connectivity index is 1.93. The van der Waals surface area contributed by atoms with Gasteiger partial charge in [0.2, 0.25) is 11.8 Å². The largest absolute Gasteiger partial charge is 0.444 e. The van der Waals surface area contributed by atoms with Gasteiger partial charge in [0, 0.05) is 48.7 Å². The molecule has 0 aliphatic carbocycles. The van der Waals surface area contributed by atoms with E-state index in [-0.39, 0.29) is 45.2 Å². The molecule has 0 aliphatic rings. The summed E-state index contributed by atoms with van der Waals surface area (Å²) in [5.41, 5.74) is 0.266. The van der Waals surface area contributed by atoms with Crippen molar-refractivity contribution in [2.45, 2.75) is 52.7 Å². The molecule has 48 heavy (non-hydrogen) atoms. The van der Waals surface area contributed by atoms with Gasteiger partial charge in [0.1, 0.15) is 11.2 Å². The Morgan fingerprint density at radius 2 is 1.00 bits per heavy atom. The van der Waals surface area contributed by atoms with Crippen LogP contribution in [0.1, 0.15) is 62.3 Å². The minimum absolute atomic E-state index is 0.0392. The van der Waals surface area contributed by atoms with Gasteiger partial charge in [-0.25, -0.2) is 9.59 Å². The molecule has 0 saturated heterocycles. The van der Waals surface area contributed by atoms with Crippen LogP contribution in [0.4, 0.5) is 21.0 Å². The lowest BCUT2D eigenvalue weighted by Crippen LogP contribution is -2.47. The average Bonchev–Trinajstić information content (AvgIpc) is 2.97. The van der Waals surface area contributed by atoms with Crippen molar-refractivity contribution >= 4 is 47.2 Å². The average molecular weight is 670 g/mol. The van der Waals surface area contributed by atoms with Crippen LogP contribution in [0.15, 0.2) is 48.5 Å². The number of ether oxygens (including phenoxy) is 2. The molecule has 0 aromatic heterocycles. The second-order valence-corrected chi connectivity index (χ2v) is 12.6. The quantitative estimate of drug-likeness (QED) is 0.175. The Labute approximate surface area is 280 Å². The second-order valence-electron chi connectivity index (χ2n) is 12.6. The predicted octanol–water partition coefficient (Wildman–Crippen LogP) is 2.70. The fourth-order valence-electron chi connectivity index (χ4n) is 3.94. The fraction of sp³-hybridized carbons (Fsp3) is 0.455. The highest BCUT2D eigenvalue weighted by Gasteiger charge is 2.19. The molecule has 0 bridgehead atoms. The molecule has 2 rings (SSSR count). The van der Waals surface area contributed by atoms with Gasteiger partial charge >= 0.3 is 12.2 Å². The maximum absolute atomic E-state index is 12.9. The lowest BCUT2D eigenvalue weighted by atomic mass is 10.2. The van der Waals surface area contributed by atoms with Crippen LogP contribution >= 0.6 is 0 Å². The van der Waals surface area contributed by atoms with Gasteiger partial charge < -0.3 is 35.6 Å². The first kappa shape index (κ1) is 39.0. The van der Waals surface area contributed by atoms with Crippen molar-refractivity contribution in [3.8, 4) is 0 Å². The molecule has 0 saturated carbocycles. The molecule has 0 aliphatic heterocycles. The van der Waals surface area contributed by atoms with E-state index >= 15 is 0 Å². The summed E-state index contributed by atoms with van der Waals surface area (Å²) in [6.07, 6.45) is -1.23. The van der Waals surface area contributed by atoms with Crippen LogP contribution in [0.3, 0.4) is 0 Å². The lowest BCUT2D eigenvalue weighted by Gasteiger charge is -2.23. The molecule has 0 heterocycles. The maximum atomic E-state index is 12.9. The molecular weight excluding hydrogens is 622 g/mol. The topological polar surface area (TPSA) is 196 Å². The van der Waals surface area contributed by atoms with Gasteiger partial charge in [-0.15, -0.1) is 0 Å². The zero-order chi connectivity index (χ0) is 35.9. The summed E-state index contributed by atoms with van der Waals surface area (Å²) in [5.74, 6) is -1.56. The first-order valence-electron chi connectivity index (χ1n) is 15.4. The van der Waals surface area contributed by atoms with E-state index in [0.717, 1.165) is 0 Å². The summed E-state index contributed by atoms with van der Waals surface area (Å²) in [7, 11) is 1.61. The zero-order valence-corrected chi connectivity index (χ0v) is 28.6. The molecule has 0 unspecified atom stereocenters. The Hall–Kier alpha value is -5.18. The molecule has 15 nitrogen and oxygen atoms in total. The van der Waals surface area contributed by atoms with E-state index in [2.05, 4.69) is 31.9 Å². The Morgan fingerprint density at radius 3 is 1.35 bits per heavy atom. The molecule has 262 valence electrons. The molecule has 2 aromatic rings. The number of amides is 6. The van der Waals surface area contributed by atoms with Crippen molar-refractivity contribution in [1.29, 1.82) is 0 Å². The minimum atomic E-state index is -0.654. The van der Waals surface area contributed by atoms with E-state index in [4.69, 9.17) is 9.47 Å². The van der Waals surface area contributed by atoms with Gasteiger partial charge in [-0.3, -0.25) is 29.8 Å². The first-order chi connectivity index (χ1) is 22.5. The molecule has 6 amide bonds. The zero-order valence-electron chi connectivity index (χ0n) is 28.6. The van der Waals surface area contributed by atoms with Gasteiger partial charge in [0.05, 0.1) is 13.1 Å². The van der Waals surface area contributed by atoms with E-state index < -0.39 is 41.1 Å². The lowest BCUT2D eigenvalue weighted by molar-refractivity contribution is -0.132. The van der Waals surface area contributed by atoms with Crippen LogP contribution in [0.25, 0.3) is 0 Å². The molecular formula is C33H47N7O8. The molecule has 0 spiro atoms. The Morgan fingerprint density at radius 1 is 0.604 bits per heavy atom. The summed E-state index contributed by atoms with van der Waals surface area (Å²) in [4.78, 5) is 75.6. The minimum Gasteiger partial charge on any atom is -0.444 e. The highest BCUT2D eigenvalue weighted by molar-refractivity contribution is 5.96. The van der Waals surface area contributed by atoms with Crippen LogP contribution in [0, 0.1) is 0 Å². The van der Waals surface area contributed by atoms with Crippen LogP contribution in [0.2, 0.25) is 0 Å². The van der Waals surface area contributed by atoms with Gasteiger partial charge in [0.25, 0.3) is 11.8 Å². The van der Waals surface area contributed by atoms with E-state index in [1.54, 1.807) is 72.9 Å². The third-order valence-electron chi connectivity index (χ3n) is 6.05. The van der Waals surface area contributed by atoms with Gasteiger partial charge in [-0.1, -0.05) is 0 Å². The number of carbonyl (C=O) groups is 6. The van der Waals surface area contributed by atoms with Crippen LogP contribution in [-0.4, -0.2) is 98.2 Å². The van der Waals surface area contributed by atoms with E-state index in [1.807, 2.05) is 0 Å². The summed E-state index contributed by atoms with van der Waals surface area (Å²) < 4.78 is 10.4. The molecule has 15 heteroatoms. The smallest absolute Gasteiger partial charge is 0.412 e. The summed E-state index contributed by atoms with van der Waals surface area (Å²) in [6.45, 7) is 10.7. The van der Waals surface area contributed by atoms with Crippen molar-refractivity contribution in [2.75, 3.05) is 56.9 Å². The maximum Gasteiger partial charge on any atom is 0.412 e. The van der Waals surface area contributed by atoms with Crippen molar-refractivity contribution < 1.29 is 38.2 Å². The van der Waals surface area contributed by atoms with E-state index in [0.29, 0.717) is 22.5 Å². The van der Waals surface area contributed by atoms with Crippen LogP contribution in [0.5, 0.6) is 0 Å². The number of rotatable bonds is 14. The normalized spacial score (nSPS) is 11.1. The van der Waals surface area contributed by atoms with Gasteiger partial charge in [-0.05, 0) is 97.1 Å². The highest BCUT2D eigenvalue weighted by atomic mass is 16.6. The fourth-order valence-corrected chi connectivity index (χ4v) is 3.94. The van der Waals surface area contributed by atoms with E-state index in [1.165, 1.54) is 29.2 Å². The highest BCUT2D eigenvalue weighted by Crippen LogP contribution is 2.14. The third kappa shape index (κ3) is 15.4. The molecule has 0 radical (unpaired) electrons. The summed E-state index contributed by atoms with van der Waals surface area (Å²) >= 11 is 0. The number of nitrogens with one attached hydrogen (secondary N) is 6. The van der Waals surface area contributed by atoms with Gasteiger partial charge in [-0.2, -0.15) is 0 Å². The number of likely N-dealkylation sites (N-methyl/N-ethyl adjacent to an activating group) is 1. The van der Waals surface area contributed by atoms with Crippen LogP contribution < -0.4 is 31.9 Å². The standard InChI is InChI=1S/C33H47N7O8/c1-32(2,3)47-30(45)38-24-12-8-22(9-13-24)28(43)35-16-18-40(27(42)21-37-26(41)20-34-7)19-17-36-29(44)23-10-14-25(15-11-23)39-31(46)48-33(4,5)6/h8-15,34H,16-21H2,1-7H3,(H,35,43)(H,36,44)(H,37,41)(H,38,45)(H,39,46). The number of hydrogen-bond donors (Lipinski definition) is 6. The Kier molecular flexibility index (Phi) is 14.8. The number of nitrogens with zero attached hydrogens (tertiary/aromatic N) is 1. The monoisotopic (exact) mass is 669 g/mol. The van der Waals surface area contributed by atoms with Crippen molar-refractivity contribution in [2.24, 2.45) is 0 Å². The number of hydrogen-bond acceptors (Lipinski definition) is 9. The predicted molar refractivity (Wildman–Crippen MR) is 181 cm³/mol. The van der Waals surface area contributed by atoms with Gasteiger partial charge in [0.15, 0.2) is 0 Å². The molecule has 0 fully saturated rings. The molecule has 0 atom stereocenters. The second kappa shape index (κ2) is 18.2. The number of anilines is 2. The van der Waals surface area contributed by atoms with E-state index in [9.17, 15) is 28.8 Å². The summed E-state index contributed by atoms with van der Waals surface area (Å²) in [6, 6.07) is 12.4. The SMILES string of the molecule is CNCC(=O)NCC(=O)N(CCNC(=O)c1ccc(NC(=O)OC(C)(C)C)cc1)CCNC(=O)c1ccc(NC(=O)OC(C)(C)C)cc1. The third-order valence-corrected chi connectivity index (χ3v) is 6.05. The molecule has 6 N–H and O–H groups in total.